The average molecular weight is 306 g/mol. The molecule has 0 saturated heterocycles. The van der Waals surface area contributed by atoms with Gasteiger partial charge in [-0.15, -0.1) is 0 Å². The topological polar surface area (TPSA) is 55.1 Å². The van der Waals surface area contributed by atoms with Crippen LogP contribution in [0, 0.1) is 0 Å². The van der Waals surface area contributed by atoms with Crippen LogP contribution in [0.1, 0.15) is 24.5 Å². The predicted molar refractivity (Wildman–Crippen MR) is 93.3 cm³/mol. The Kier molecular flexibility index (Phi) is 4.24. The van der Waals surface area contributed by atoms with Crippen LogP contribution in [0.15, 0.2) is 53.5 Å². The molecule has 0 fully saturated rings. The Morgan fingerprint density at radius 1 is 1.09 bits per heavy atom. The van der Waals surface area contributed by atoms with Gasteiger partial charge in [-0.1, -0.05) is 37.3 Å². The molecule has 0 aliphatic carbocycles. The third-order valence-corrected chi connectivity index (χ3v) is 3.67. The van der Waals surface area contributed by atoms with Crippen molar-refractivity contribution < 1.29 is 5.11 Å². The van der Waals surface area contributed by atoms with Crippen LogP contribution in [0.2, 0.25) is 0 Å². The molecule has 3 rings (SSSR count). The predicted octanol–water partition coefficient (Wildman–Crippen LogP) is 3.68. The van der Waals surface area contributed by atoms with E-state index < -0.39 is 0 Å². The maximum atomic E-state index is 12.3. The number of aromatic hydroxyl groups is 1. The zero-order valence-electron chi connectivity index (χ0n) is 12.9. The van der Waals surface area contributed by atoms with Crippen LogP contribution < -0.4 is 5.56 Å². The van der Waals surface area contributed by atoms with Crippen LogP contribution in [0.3, 0.4) is 0 Å². The molecular weight excluding hydrogens is 288 g/mol. The molecule has 0 bridgehead atoms. The van der Waals surface area contributed by atoms with Crippen LogP contribution >= 0.6 is 0 Å². The number of benzene rings is 2. The number of phenols is 1. The summed E-state index contributed by atoms with van der Waals surface area (Å²) in [5.41, 5.74) is 1.96. The summed E-state index contributed by atoms with van der Waals surface area (Å²) in [5.74, 6) is 0.252. The first-order chi connectivity index (χ1) is 11.2. The first-order valence-electron chi connectivity index (χ1n) is 7.64. The van der Waals surface area contributed by atoms with E-state index in [9.17, 15) is 9.90 Å². The minimum Gasteiger partial charge on any atom is -0.508 e. The van der Waals surface area contributed by atoms with Crippen LogP contribution in [-0.4, -0.2) is 14.9 Å². The van der Waals surface area contributed by atoms with E-state index in [4.69, 9.17) is 0 Å². The highest BCUT2D eigenvalue weighted by atomic mass is 16.3. The van der Waals surface area contributed by atoms with Crippen molar-refractivity contribution in [2.45, 2.75) is 19.9 Å². The van der Waals surface area contributed by atoms with Crippen molar-refractivity contribution in [3.8, 4) is 5.75 Å². The van der Waals surface area contributed by atoms with Gasteiger partial charge >= 0.3 is 0 Å². The highest BCUT2D eigenvalue weighted by Gasteiger charge is 2.03. The molecule has 0 saturated carbocycles. The third kappa shape index (κ3) is 3.31. The molecule has 4 heteroatoms. The normalized spacial score (nSPS) is 11.3. The highest BCUT2D eigenvalue weighted by Crippen LogP contribution is 2.16. The molecule has 0 radical (unpaired) electrons. The van der Waals surface area contributed by atoms with Gasteiger partial charge in [0, 0.05) is 11.9 Å². The Bertz CT molecular complexity index is 909. The molecule has 2 aromatic carbocycles. The minimum atomic E-state index is -0.0431. The second-order valence-electron chi connectivity index (χ2n) is 5.44. The summed E-state index contributed by atoms with van der Waals surface area (Å²) in [5, 5.41) is 15.0. The zero-order valence-corrected chi connectivity index (χ0v) is 12.9. The van der Waals surface area contributed by atoms with E-state index in [1.807, 2.05) is 49.4 Å². The second kappa shape index (κ2) is 6.48. The summed E-state index contributed by atoms with van der Waals surface area (Å²) in [7, 11) is 0. The smallest absolute Gasteiger partial charge is 0.274 e. The minimum absolute atomic E-state index is 0.0431. The molecule has 3 aromatic rings. The lowest BCUT2D eigenvalue weighted by molar-refractivity contribution is 0.475. The third-order valence-electron chi connectivity index (χ3n) is 3.67. The van der Waals surface area contributed by atoms with E-state index in [1.165, 1.54) is 4.68 Å². The van der Waals surface area contributed by atoms with E-state index in [0.717, 1.165) is 22.9 Å². The molecule has 0 atom stereocenters. The van der Waals surface area contributed by atoms with Crippen LogP contribution in [0.5, 0.6) is 5.75 Å². The van der Waals surface area contributed by atoms with Gasteiger partial charge in [0.25, 0.3) is 5.56 Å². The number of rotatable bonds is 4. The molecule has 116 valence electrons. The number of fused-ring (bicyclic) bond motifs is 1. The number of phenolic OH excluding ortho intramolecular Hbond substituents is 1. The Hall–Kier alpha value is -2.88. The quantitative estimate of drug-likeness (QED) is 0.748. The van der Waals surface area contributed by atoms with Crippen LogP contribution in [0.4, 0.5) is 0 Å². The molecule has 1 heterocycles. The summed E-state index contributed by atoms with van der Waals surface area (Å²) in [6, 6.07) is 12.7. The molecule has 0 aliphatic rings. The number of hydrogen-bond donors (Lipinski definition) is 1. The Balaban J connectivity index is 1.92. The lowest BCUT2D eigenvalue weighted by Gasteiger charge is -2.04. The fourth-order valence-electron chi connectivity index (χ4n) is 2.46. The van der Waals surface area contributed by atoms with Crippen molar-refractivity contribution in [2.75, 3.05) is 0 Å². The lowest BCUT2D eigenvalue weighted by atomic mass is 10.1. The standard InChI is InChI=1S/C19H18N2O2/c1-2-11-21-19(23)18-10-7-15(12-16(18)13-20-21)4-3-14-5-8-17(22)9-6-14/h3-10,12-13,22H,2,11H2,1H3. The van der Waals surface area contributed by atoms with Gasteiger partial charge in [-0.25, -0.2) is 4.68 Å². The van der Waals surface area contributed by atoms with E-state index in [1.54, 1.807) is 18.3 Å². The SMILES string of the molecule is CCCn1ncc2cc(C=Cc3ccc(O)cc3)ccc2c1=O. The highest BCUT2D eigenvalue weighted by molar-refractivity contribution is 5.84. The molecule has 0 amide bonds. The first kappa shape index (κ1) is 15.0. The van der Waals surface area contributed by atoms with E-state index >= 15 is 0 Å². The summed E-state index contributed by atoms with van der Waals surface area (Å²) in [4.78, 5) is 12.3. The molecule has 0 unspecified atom stereocenters. The molecule has 1 aromatic heterocycles. The monoisotopic (exact) mass is 306 g/mol. The summed E-state index contributed by atoms with van der Waals surface area (Å²) in [6.45, 7) is 2.66. The van der Waals surface area contributed by atoms with Gasteiger partial charge in [-0.3, -0.25) is 4.79 Å². The Morgan fingerprint density at radius 2 is 1.78 bits per heavy atom. The lowest BCUT2D eigenvalue weighted by Crippen LogP contribution is -2.22. The molecule has 4 nitrogen and oxygen atoms in total. The number of aryl methyl sites for hydroxylation is 1. The van der Waals surface area contributed by atoms with Crippen molar-refractivity contribution in [3.05, 3.63) is 70.1 Å². The number of hydrogen-bond acceptors (Lipinski definition) is 3. The Morgan fingerprint density at radius 3 is 2.52 bits per heavy atom. The summed E-state index contributed by atoms with van der Waals surface area (Å²) < 4.78 is 1.51. The van der Waals surface area contributed by atoms with Crippen LogP contribution in [0.25, 0.3) is 22.9 Å². The molecule has 23 heavy (non-hydrogen) atoms. The number of aromatic nitrogens is 2. The van der Waals surface area contributed by atoms with Gasteiger partial charge < -0.3 is 5.11 Å². The maximum absolute atomic E-state index is 12.3. The fourth-order valence-corrected chi connectivity index (χ4v) is 2.46. The van der Waals surface area contributed by atoms with E-state index in [2.05, 4.69) is 5.10 Å². The first-order valence-corrected chi connectivity index (χ1v) is 7.64. The van der Waals surface area contributed by atoms with Gasteiger partial charge in [0.1, 0.15) is 5.75 Å². The summed E-state index contributed by atoms with van der Waals surface area (Å²) >= 11 is 0. The molecule has 1 N–H and O–H groups in total. The van der Waals surface area contributed by atoms with Gasteiger partial charge in [0.15, 0.2) is 0 Å². The molecular formula is C19H18N2O2. The van der Waals surface area contributed by atoms with Gasteiger partial charge in [-0.2, -0.15) is 5.10 Å². The van der Waals surface area contributed by atoms with E-state index in [-0.39, 0.29) is 11.3 Å². The van der Waals surface area contributed by atoms with Crippen molar-refractivity contribution >= 4 is 22.9 Å². The summed E-state index contributed by atoms with van der Waals surface area (Å²) in [6.07, 6.45) is 6.56. The molecule has 0 aliphatic heterocycles. The average Bonchev–Trinajstić information content (AvgIpc) is 2.57. The largest absolute Gasteiger partial charge is 0.508 e. The van der Waals surface area contributed by atoms with Gasteiger partial charge in [0.05, 0.1) is 11.6 Å². The maximum Gasteiger partial charge on any atom is 0.274 e. The van der Waals surface area contributed by atoms with Gasteiger partial charge in [-0.05, 0) is 41.8 Å². The van der Waals surface area contributed by atoms with Crippen LogP contribution in [-0.2, 0) is 6.54 Å². The van der Waals surface area contributed by atoms with Gasteiger partial charge in [0.2, 0.25) is 0 Å². The Labute approximate surface area is 134 Å². The van der Waals surface area contributed by atoms with Crippen molar-refractivity contribution in [2.24, 2.45) is 0 Å². The number of nitrogens with zero attached hydrogens (tertiary/aromatic N) is 2. The molecule has 0 spiro atoms. The van der Waals surface area contributed by atoms with E-state index in [0.29, 0.717) is 11.9 Å². The zero-order chi connectivity index (χ0) is 16.2. The van der Waals surface area contributed by atoms with Crippen molar-refractivity contribution in [1.82, 2.24) is 9.78 Å². The second-order valence-corrected chi connectivity index (χ2v) is 5.44. The van der Waals surface area contributed by atoms with Crippen molar-refractivity contribution in [1.29, 1.82) is 0 Å². The fraction of sp³-hybridized carbons (Fsp3) is 0.158. The van der Waals surface area contributed by atoms with Crippen molar-refractivity contribution in [3.63, 3.8) is 0 Å².